The summed E-state index contributed by atoms with van der Waals surface area (Å²) in [6, 6.07) is 7.89. The Hall–Kier alpha value is -4.20. The number of nitrogens with one attached hydrogen (secondary N) is 1. The lowest BCUT2D eigenvalue weighted by molar-refractivity contribution is -0.125. The molecule has 1 aliphatic heterocycles. The van der Waals surface area contributed by atoms with Crippen LogP contribution < -0.4 is 5.32 Å². The van der Waals surface area contributed by atoms with Gasteiger partial charge >= 0.3 is 0 Å². The summed E-state index contributed by atoms with van der Waals surface area (Å²) in [6.07, 6.45) is 10.4. The van der Waals surface area contributed by atoms with E-state index in [1.807, 2.05) is 29.3 Å². The van der Waals surface area contributed by atoms with Crippen LogP contribution in [0.5, 0.6) is 0 Å². The van der Waals surface area contributed by atoms with Gasteiger partial charge in [0.05, 0.1) is 17.7 Å². The molecular weight excluding hydrogens is 564 g/mol. The summed E-state index contributed by atoms with van der Waals surface area (Å²) in [5.41, 5.74) is 2.98. The van der Waals surface area contributed by atoms with E-state index in [-0.39, 0.29) is 36.5 Å². The molecule has 0 aromatic carbocycles. The summed E-state index contributed by atoms with van der Waals surface area (Å²) >= 11 is 0. The van der Waals surface area contributed by atoms with Gasteiger partial charge in [-0.15, -0.1) is 0 Å². The second kappa shape index (κ2) is 12.1. The van der Waals surface area contributed by atoms with Crippen molar-refractivity contribution < 1.29 is 24.0 Å². The lowest BCUT2D eigenvalue weighted by Gasteiger charge is -2.49. The van der Waals surface area contributed by atoms with E-state index in [9.17, 15) is 14.7 Å². The zero-order chi connectivity index (χ0) is 30.2. The molecule has 3 fully saturated rings. The Labute approximate surface area is 254 Å². The summed E-state index contributed by atoms with van der Waals surface area (Å²) in [4.78, 5) is 38.8. The number of aliphatic hydroxyl groups excluding tert-OH is 1. The van der Waals surface area contributed by atoms with E-state index in [0.29, 0.717) is 36.5 Å². The molecule has 1 saturated heterocycles. The van der Waals surface area contributed by atoms with Gasteiger partial charge in [0.25, 0.3) is 5.91 Å². The fraction of sp³-hybridized carbons (Fsp3) is 0.484. The predicted octanol–water partition coefficient (Wildman–Crippen LogP) is 2.77. The van der Waals surface area contributed by atoms with Crippen LogP contribution in [0.4, 0.5) is 5.82 Å². The highest BCUT2D eigenvalue weighted by Crippen LogP contribution is 2.35. The number of carbonyl (C=O) groups excluding carboxylic acids is 2. The van der Waals surface area contributed by atoms with Gasteiger partial charge < -0.3 is 24.6 Å². The minimum absolute atomic E-state index is 0.0197. The highest BCUT2D eigenvalue weighted by Gasteiger charge is 2.41. The maximum atomic E-state index is 13.0. The number of pyridine rings is 1. The standard InChI is InChI=1S/C31H36N8O5/c1-19-17-37(31(42)25-6-10-44-36-25)8-9-38(19)23-12-21(13-23)30(41)34-28-14-24-11-20(5-7-39(24)35-28)22-15-32-29(33-16-22)18-43-27-4-2-3-26(27)40/h5-7,10-11,14-16,19,21,23,26-27,40H,2-4,8-9,12-13,17-18H2,1H3,(H,34,35,41)/t19-,21?,23?,26-,27-/m0/s1. The van der Waals surface area contributed by atoms with Gasteiger partial charge in [0.1, 0.15) is 12.9 Å². The van der Waals surface area contributed by atoms with Crippen molar-refractivity contribution >= 4 is 23.1 Å². The number of ether oxygens (including phenoxy) is 1. The van der Waals surface area contributed by atoms with Crippen molar-refractivity contribution in [2.45, 2.75) is 69.9 Å². The maximum absolute atomic E-state index is 13.0. The number of hydrogen-bond acceptors (Lipinski definition) is 10. The van der Waals surface area contributed by atoms with Crippen molar-refractivity contribution in [3.63, 3.8) is 0 Å². The first-order valence-electron chi connectivity index (χ1n) is 15.3. The van der Waals surface area contributed by atoms with Crippen LogP contribution in [-0.2, 0) is 16.1 Å². The van der Waals surface area contributed by atoms with Crippen molar-refractivity contribution in [1.82, 2.24) is 34.5 Å². The van der Waals surface area contributed by atoms with E-state index < -0.39 is 6.10 Å². The molecule has 0 radical (unpaired) electrons. The van der Waals surface area contributed by atoms with Crippen LogP contribution in [0.3, 0.4) is 0 Å². The molecule has 44 heavy (non-hydrogen) atoms. The Morgan fingerprint density at radius 2 is 1.95 bits per heavy atom. The molecule has 4 aromatic rings. The van der Waals surface area contributed by atoms with E-state index in [2.05, 4.69) is 37.4 Å². The fourth-order valence-corrected chi connectivity index (χ4v) is 6.58. The Morgan fingerprint density at radius 3 is 2.68 bits per heavy atom. The molecule has 13 heteroatoms. The molecule has 0 spiro atoms. The second-order valence-corrected chi connectivity index (χ2v) is 12.1. The quantitative estimate of drug-likeness (QED) is 0.309. The Morgan fingerprint density at radius 1 is 1.11 bits per heavy atom. The van der Waals surface area contributed by atoms with Crippen LogP contribution >= 0.6 is 0 Å². The van der Waals surface area contributed by atoms with Crippen molar-refractivity contribution in [1.29, 1.82) is 0 Å². The van der Waals surface area contributed by atoms with Gasteiger partial charge in [-0.2, -0.15) is 5.10 Å². The second-order valence-electron chi connectivity index (χ2n) is 12.1. The lowest BCUT2D eigenvalue weighted by atomic mass is 9.78. The summed E-state index contributed by atoms with van der Waals surface area (Å²) in [7, 11) is 0. The number of fused-ring (bicyclic) bond motifs is 1. The molecule has 5 heterocycles. The molecule has 230 valence electrons. The SMILES string of the molecule is C[C@H]1CN(C(=O)c2ccon2)CCN1C1CC(C(=O)Nc2cc3cc(-c4cnc(CO[C@H]5CCC[C@@H]5O)nc4)ccn3n2)C1. The highest BCUT2D eigenvalue weighted by molar-refractivity contribution is 5.93. The molecule has 7 rings (SSSR count). The largest absolute Gasteiger partial charge is 0.390 e. The Balaban J connectivity index is 0.908. The number of hydrogen-bond donors (Lipinski definition) is 2. The van der Waals surface area contributed by atoms with Gasteiger partial charge in [-0.1, -0.05) is 5.16 Å². The molecule has 4 aromatic heterocycles. The normalized spacial score (nSPS) is 25.7. The molecule has 0 bridgehead atoms. The Bertz CT molecular complexity index is 1620. The van der Waals surface area contributed by atoms with Crippen molar-refractivity contribution in [3.05, 3.63) is 60.6 Å². The van der Waals surface area contributed by atoms with Crippen LogP contribution in [-0.4, -0.2) is 95.4 Å². The van der Waals surface area contributed by atoms with E-state index in [1.165, 1.54) is 6.26 Å². The number of rotatable bonds is 8. The molecule has 3 aliphatic rings. The van der Waals surface area contributed by atoms with Gasteiger partial charge in [0.15, 0.2) is 17.3 Å². The van der Waals surface area contributed by atoms with E-state index in [0.717, 1.165) is 55.3 Å². The minimum Gasteiger partial charge on any atom is -0.390 e. The lowest BCUT2D eigenvalue weighted by Crippen LogP contribution is -2.60. The number of piperazine rings is 1. The van der Waals surface area contributed by atoms with Crippen LogP contribution in [0.1, 0.15) is 55.3 Å². The Kier molecular flexibility index (Phi) is 7.83. The first-order valence-corrected chi connectivity index (χ1v) is 15.3. The summed E-state index contributed by atoms with van der Waals surface area (Å²) in [5.74, 6) is 0.898. The number of anilines is 1. The number of aromatic nitrogens is 5. The minimum atomic E-state index is -0.404. The number of amides is 2. The van der Waals surface area contributed by atoms with E-state index in [1.54, 1.807) is 23.0 Å². The molecule has 2 saturated carbocycles. The third-order valence-electron chi connectivity index (χ3n) is 9.17. The maximum Gasteiger partial charge on any atom is 0.276 e. The first kappa shape index (κ1) is 28.6. The van der Waals surface area contributed by atoms with Gasteiger partial charge in [0.2, 0.25) is 5.91 Å². The molecule has 0 unspecified atom stereocenters. The predicted molar refractivity (Wildman–Crippen MR) is 158 cm³/mol. The zero-order valence-electron chi connectivity index (χ0n) is 24.6. The van der Waals surface area contributed by atoms with Crippen LogP contribution in [0.25, 0.3) is 16.6 Å². The third kappa shape index (κ3) is 5.82. The fourth-order valence-electron chi connectivity index (χ4n) is 6.58. The van der Waals surface area contributed by atoms with Gasteiger partial charge in [-0.25, -0.2) is 14.5 Å². The number of carbonyl (C=O) groups is 2. The van der Waals surface area contributed by atoms with Crippen LogP contribution in [0, 0.1) is 5.92 Å². The first-order chi connectivity index (χ1) is 21.4. The van der Waals surface area contributed by atoms with Crippen LogP contribution in [0.15, 0.2) is 53.6 Å². The number of nitrogens with zero attached hydrogens (tertiary/aromatic N) is 7. The summed E-state index contributed by atoms with van der Waals surface area (Å²) in [5, 5.41) is 21.2. The molecule has 2 N–H and O–H groups in total. The topological polar surface area (TPSA) is 151 Å². The van der Waals surface area contributed by atoms with Gasteiger partial charge in [-0.05, 0) is 56.7 Å². The van der Waals surface area contributed by atoms with Crippen molar-refractivity contribution in [2.24, 2.45) is 5.92 Å². The van der Waals surface area contributed by atoms with Gasteiger partial charge in [-0.3, -0.25) is 14.5 Å². The van der Waals surface area contributed by atoms with E-state index in [4.69, 9.17) is 9.26 Å². The summed E-state index contributed by atoms with van der Waals surface area (Å²) < 4.78 is 12.3. The van der Waals surface area contributed by atoms with E-state index >= 15 is 0 Å². The average Bonchev–Trinajstić information content (AvgIpc) is 3.77. The molecule has 2 aliphatic carbocycles. The number of aliphatic hydroxyl groups is 1. The van der Waals surface area contributed by atoms with Gasteiger partial charge in [0, 0.05) is 73.9 Å². The molecular formula is C31H36N8O5. The zero-order valence-corrected chi connectivity index (χ0v) is 24.6. The summed E-state index contributed by atoms with van der Waals surface area (Å²) in [6.45, 7) is 4.42. The average molecular weight is 601 g/mol. The van der Waals surface area contributed by atoms with Crippen LogP contribution in [0.2, 0.25) is 0 Å². The molecule has 2 amide bonds. The smallest absolute Gasteiger partial charge is 0.276 e. The molecule has 13 nitrogen and oxygen atoms in total. The van der Waals surface area contributed by atoms with Crippen molar-refractivity contribution in [2.75, 3.05) is 25.0 Å². The highest BCUT2D eigenvalue weighted by atomic mass is 16.5. The third-order valence-corrected chi connectivity index (χ3v) is 9.17. The van der Waals surface area contributed by atoms with Crippen molar-refractivity contribution in [3.8, 4) is 11.1 Å². The monoisotopic (exact) mass is 600 g/mol. The molecule has 3 atom stereocenters.